The zero-order chi connectivity index (χ0) is 25.1. The lowest BCUT2D eigenvalue weighted by Gasteiger charge is -2.32. The molecule has 5 rings (SSSR count). The Hall–Kier alpha value is -3.42. The van der Waals surface area contributed by atoms with Crippen molar-refractivity contribution in [1.82, 2.24) is 20.0 Å². The number of nitrogens with one attached hydrogen (secondary N) is 1. The molecule has 0 aromatic heterocycles. The first-order valence-corrected chi connectivity index (χ1v) is 12.8. The molecule has 0 spiro atoms. The summed E-state index contributed by atoms with van der Waals surface area (Å²) >= 11 is 0. The van der Waals surface area contributed by atoms with E-state index < -0.39 is 6.04 Å². The molecule has 188 valence electrons. The maximum absolute atomic E-state index is 13.3. The highest BCUT2D eigenvalue weighted by atomic mass is 16.3. The number of phenols is 1. The molecular weight excluding hydrogens is 452 g/mol. The number of aromatic hydroxyl groups is 1. The van der Waals surface area contributed by atoms with Crippen LogP contribution in [0.3, 0.4) is 0 Å². The molecule has 0 radical (unpaired) electrons. The van der Waals surface area contributed by atoms with Crippen molar-refractivity contribution in [3.05, 3.63) is 77.4 Å². The van der Waals surface area contributed by atoms with Gasteiger partial charge in [0.2, 0.25) is 5.91 Å². The molecule has 7 nitrogen and oxygen atoms in total. The van der Waals surface area contributed by atoms with Crippen molar-refractivity contribution in [2.45, 2.75) is 32.0 Å². The first-order chi connectivity index (χ1) is 17.5. The second-order valence-corrected chi connectivity index (χ2v) is 9.96. The number of fused-ring (bicyclic) bond motifs is 1. The highest BCUT2D eigenvalue weighted by Gasteiger charge is 2.35. The van der Waals surface area contributed by atoms with E-state index >= 15 is 0 Å². The van der Waals surface area contributed by atoms with E-state index in [1.54, 1.807) is 17.0 Å². The average molecular weight is 487 g/mol. The molecule has 2 aliphatic heterocycles. The Balaban J connectivity index is 1.22. The van der Waals surface area contributed by atoms with Crippen molar-refractivity contribution in [3.63, 3.8) is 0 Å². The van der Waals surface area contributed by atoms with Gasteiger partial charge in [0.1, 0.15) is 11.8 Å². The number of hydrogen-bond acceptors (Lipinski definition) is 5. The summed E-state index contributed by atoms with van der Waals surface area (Å²) in [6, 6.07) is 18.7. The van der Waals surface area contributed by atoms with Gasteiger partial charge in [0, 0.05) is 51.2 Å². The number of amides is 2. The van der Waals surface area contributed by atoms with Crippen LogP contribution in [-0.4, -0.2) is 77.4 Å². The van der Waals surface area contributed by atoms with E-state index in [9.17, 15) is 14.7 Å². The number of piperazine rings is 1. The summed E-state index contributed by atoms with van der Waals surface area (Å²) in [5, 5.41) is 15.3. The molecule has 2 saturated heterocycles. The molecule has 0 aliphatic carbocycles. The molecule has 36 heavy (non-hydrogen) atoms. The molecule has 2 N–H and O–H groups in total. The van der Waals surface area contributed by atoms with Crippen LogP contribution >= 0.6 is 0 Å². The summed E-state index contributed by atoms with van der Waals surface area (Å²) in [5.74, 6) is -0.475. The number of nitrogens with zero attached hydrogens (tertiary/aromatic N) is 3. The molecule has 2 amide bonds. The number of rotatable bonds is 6. The standard InChI is InChI=1S/C29H34N4O3/c1-31-14-16-32(17-15-31)20-22-7-4-6-21(18-22)19-30-28(35)26-10-5-13-33(26)29(36)25-12-11-23-8-2-3-9-24(23)27(25)34/h2-4,6-9,11-12,18,26,34H,5,10,13-17,19-20H2,1H3,(H,30,35). The fraction of sp³-hybridized carbons (Fsp3) is 0.379. The zero-order valence-electron chi connectivity index (χ0n) is 20.8. The number of phenolic OH excluding ortho intramolecular Hbond substituents is 1. The fourth-order valence-electron chi connectivity index (χ4n) is 5.27. The summed E-state index contributed by atoms with van der Waals surface area (Å²) in [6.07, 6.45) is 1.38. The quantitative estimate of drug-likeness (QED) is 0.560. The highest BCUT2D eigenvalue weighted by molar-refractivity contribution is 6.05. The van der Waals surface area contributed by atoms with Crippen LogP contribution in [0.25, 0.3) is 10.8 Å². The second kappa shape index (κ2) is 10.7. The van der Waals surface area contributed by atoms with Gasteiger partial charge in [0.15, 0.2) is 0 Å². The van der Waals surface area contributed by atoms with Crippen LogP contribution in [-0.2, 0) is 17.9 Å². The minimum absolute atomic E-state index is 0.0266. The Morgan fingerprint density at radius 3 is 2.56 bits per heavy atom. The van der Waals surface area contributed by atoms with Crippen LogP contribution in [0.2, 0.25) is 0 Å². The van der Waals surface area contributed by atoms with E-state index in [1.165, 1.54) is 5.56 Å². The predicted molar refractivity (Wildman–Crippen MR) is 141 cm³/mol. The lowest BCUT2D eigenvalue weighted by atomic mass is 10.0. The molecule has 7 heteroatoms. The zero-order valence-corrected chi connectivity index (χ0v) is 20.8. The van der Waals surface area contributed by atoms with Crippen molar-refractivity contribution in [1.29, 1.82) is 0 Å². The molecule has 0 bridgehead atoms. The van der Waals surface area contributed by atoms with Gasteiger partial charge >= 0.3 is 0 Å². The Kier molecular flexibility index (Phi) is 7.20. The van der Waals surface area contributed by atoms with Crippen LogP contribution in [0.1, 0.15) is 34.3 Å². The number of likely N-dealkylation sites (N-methyl/N-ethyl adjacent to an activating group) is 1. The van der Waals surface area contributed by atoms with Crippen LogP contribution in [0.15, 0.2) is 60.7 Å². The van der Waals surface area contributed by atoms with Crippen LogP contribution in [0, 0.1) is 0 Å². The third-order valence-corrected chi connectivity index (χ3v) is 7.41. The normalized spacial score (nSPS) is 19.0. The van der Waals surface area contributed by atoms with E-state index in [0.717, 1.165) is 50.1 Å². The molecule has 0 saturated carbocycles. The van der Waals surface area contributed by atoms with Gasteiger partial charge in [-0.2, -0.15) is 0 Å². The Labute approximate surface area is 212 Å². The second-order valence-electron chi connectivity index (χ2n) is 9.96. The SMILES string of the molecule is CN1CCN(Cc2cccc(CNC(=O)C3CCCN3C(=O)c3ccc4ccccc4c3O)c2)CC1. The number of carbonyl (C=O) groups excluding carboxylic acids is 2. The third-order valence-electron chi connectivity index (χ3n) is 7.41. The number of hydrogen-bond donors (Lipinski definition) is 2. The summed E-state index contributed by atoms with van der Waals surface area (Å²) in [4.78, 5) is 32.9. The van der Waals surface area contributed by atoms with Gasteiger partial charge in [-0.05, 0) is 42.5 Å². The molecule has 3 aromatic rings. The largest absolute Gasteiger partial charge is 0.506 e. The van der Waals surface area contributed by atoms with Gasteiger partial charge < -0.3 is 20.2 Å². The number of carbonyl (C=O) groups is 2. The first-order valence-electron chi connectivity index (χ1n) is 12.8. The van der Waals surface area contributed by atoms with Gasteiger partial charge in [0.25, 0.3) is 5.91 Å². The molecule has 2 fully saturated rings. The fourth-order valence-corrected chi connectivity index (χ4v) is 5.27. The van der Waals surface area contributed by atoms with Gasteiger partial charge in [0.05, 0.1) is 5.56 Å². The summed E-state index contributed by atoms with van der Waals surface area (Å²) in [5.41, 5.74) is 2.54. The van der Waals surface area contributed by atoms with Gasteiger partial charge in [-0.1, -0.05) is 54.6 Å². The van der Waals surface area contributed by atoms with Gasteiger partial charge in [-0.15, -0.1) is 0 Å². The van der Waals surface area contributed by atoms with E-state index in [-0.39, 0.29) is 23.1 Å². The summed E-state index contributed by atoms with van der Waals surface area (Å²) < 4.78 is 0. The van der Waals surface area contributed by atoms with Gasteiger partial charge in [-0.3, -0.25) is 14.5 Å². The van der Waals surface area contributed by atoms with Crippen molar-refractivity contribution < 1.29 is 14.7 Å². The van der Waals surface area contributed by atoms with Crippen molar-refractivity contribution >= 4 is 22.6 Å². The highest BCUT2D eigenvalue weighted by Crippen LogP contribution is 2.31. The average Bonchev–Trinajstić information content (AvgIpc) is 3.39. The van der Waals surface area contributed by atoms with E-state index in [4.69, 9.17) is 0 Å². The van der Waals surface area contributed by atoms with E-state index in [0.29, 0.717) is 24.9 Å². The Bertz CT molecular complexity index is 1250. The lowest BCUT2D eigenvalue weighted by molar-refractivity contribution is -0.125. The molecule has 1 unspecified atom stereocenters. The topological polar surface area (TPSA) is 76.1 Å². The monoisotopic (exact) mass is 486 g/mol. The first kappa shape index (κ1) is 24.3. The van der Waals surface area contributed by atoms with Crippen LogP contribution in [0.5, 0.6) is 5.75 Å². The summed E-state index contributed by atoms with van der Waals surface area (Å²) in [7, 11) is 2.16. The molecule has 2 aliphatic rings. The number of likely N-dealkylation sites (tertiary alicyclic amines) is 1. The maximum Gasteiger partial charge on any atom is 0.258 e. The van der Waals surface area contributed by atoms with Gasteiger partial charge in [-0.25, -0.2) is 0 Å². The lowest BCUT2D eigenvalue weighted by Crippen LogP contribution is -2.45. The van der Waals surface area contributed by atoms with Crippen molar-refractivity contribution in [2.75, 3.05) is 39.8 Å². The maximum atomic E-state index is 13.3. The molecule has 1 atom stereocenters. The van der Waals surface area contributed by atoms with Crippen LogP contribution < -0.4 is 5.32 Å². The van der Waals surface area contributed by atoms with Crippen molar-refractivity contribution in [2.24, 2.45) is 0 Å². The van der Waals surface area contributed by atoms with E-state index in [2.05, 4.69) is 34.3 Å². The molecule has 2 heterocycles. The number of benzene rings is 3. The Morgan fingerprint density at radius 1 is 0.944 bits per heavy atom. The summed E-state index contributed by atoms with van der Waals surface area (Å²) in [6.45, 7) is 6.15. The minimum atomic E-state index is -0.531. The minimum Gasteiger partial charge on any atom is -0.506 e. The van der Waals surface area contributed by atoms with E-state index in [1.807, 2.05) is 36.4 Å². The molecular formula is C29H34N4O3. The third kappa shape index (κ3) is 5.22. The van der Waals surface area contributed by atoms with Crippen LogP contribution in [0.4, 0.5) is 0 Å². The van der Waals surface area contributed by atoms with Crippen molar-refractivity contribution in [3.8, 4) is 5.75 Å². The predicted octanol–water partition coefficient (Wildman–Crippen LogP) is 3.21. The Morgan fingerprint density at radius 2 is 1.72 bits per heavy atom. The smallest absolute Gasteiger partial charge is 0.258 e. The molecule has 3 aromatic carbocycles.